The molecule has 0 radical (unpaired) electrons. The van der Waals surface area contributed by atoms with Crippen molar-refractivity contribution in [1.29, 1.82) is 0 Å². The highest BCUT2D eigenvalue weighted by Gasteiger charge is 2.20. The lowest BCUT2D eigenvalue weighted by Gasteiger charge is -2.13. The largest absolute Gasteiger partial charge is 0.487 e. The van der Waals surface area contributed by atoms with Crippen LogP contribution in [0.3, 0.4) is 0 Å². The van der Waals surface area contributed by atoms with Gasteiger partial charge in [-0.25, -0.2) is 0 Å². The fraction of sp³-hybridized carbons (Fsp3) is 0.350. The lowest BCUT2D eigenvalue weighted by Crippen LogP contribution is -2.12. The Balaban J connectivity index is 1.98. The summed E-state index contributed by atoms with van der Waals surface area (Å²) >= 11 is 1.72. The van der Waals surface area contributed by atoms with Crippen LogP contribution in [0.1, 0.15) is 34.4 Å². The summed E-state index contributed by atoms with van der Waals surface area (Å²) in [6.07, 6.45) is 3.91. The molecule has 1 aliphatic rings. The number of carbonyl (C=O) groups is 1. The molecule has 2 aromatic rings. The molecule has 1 aromatic heterocycles. The second-order valence-corrected chi connectivity index (χ2v) is 7.48. The van der Waals surface area contributed by atoms with Crippen molar-refractivity contribution in [3.8, 4) is 5.75 Å². The smallest absolute Gasteiger partial charge is 0.303 e. The van der Waals surface area contributed by atoms with Crippen LogP contribution in [0.25, 0.3) is 5.57 Å². The molecule has 3 rings (SSSR count). The number of ether oxygens (including phenoxy) is 1. The molecule has 0 saturated carbocycles. The first kappa shape index (κ1) is 17.7. The second kappa shape index (κ2) is 7.85. The molecule has 5 heteroatoms. The molecule has 4 nitrogen and oxygen atoms in total. The van der Waals surface area contributed by atoms with E-state index in [0.29, 0.717) is 13.0 Å². The van der Waals surface area contributed by atoms with E-state index < -0.39 is 5.97 Å². The third-order valence-electron chi connectivity index (χ3n) is 4.28. The van der Waals surface area contributed by atoms with E-state index in [0.717, 1.165) is 29.8 Å². The van der Waals surface area contributed by atoms with E-state index in [4.69, 9.17) is 9.84 Å². The Morgan fingerprint density at radius 3 is 2.92 bits per heavy atom. The van der Waals surface area contributed by atoms with Crippen molar-refractivity contribution in [1.82, 2.24) is 4.90 Å². The number of aryl methyl sites for hydroxylation is 1. The Labute approximate surface area is 152 Å². The van der Waals surface area contributed by atoms with Crippen LogP contribution < -0.4 is 4.74 Å². The number of fused-ring (bicyclic) bond motifs is 2. The van der Waals surface area contributed by atoms with Crippen LogP contribution in [0.15, 0.2) is 35.7 Å². The number of carboxylic acids is 1. The van der Waals surface area contributed by atoms with Gasteiger partial charge in [-0.1, -0.05) is 12.1 Å². The molecule has 25 heavy (non-hydrogen) atoms. The van der Waals surface area contributed by atoms with Gasteiger partial charge in [-0.15, -0.1) is 11.3 Å². The molecular formula is C20H23NO3S. The molecule has 0 saturated heterocycles. The summed E-state index contributed by atoms with van der Waals surface area (Å²) in [7, 11) is 4.14. The first-order valence-corrected chi connectivity index (χ1v) is 9.32. The highest BCUT2D eigenvalue weighted by Crippen LogP contribution is 2.39. The van der Waals surface area contributed by atoms with E-state index in [1.807, 2.05) is 12.1 Å². The fourth-order valence-corrected chi connectivity index (χ4v) is 3.79. The first-order valence-electron chi connectivity index (χ1n) is 8.44. The van der Waals surface area contributed by atoms with Gasteiger partial charge in [-0.05, 0) is 67.2 Å². The molecular weight excluding hydrogens is 334 g/mol. The monoisotopic (exact) mass is 357 g/mol. The number of rotatable bonds is 6. The van der Waals surface area contributed by atoms with Gasteiger partial charge in [0.2, 0.25) is 0 Å². The predicted molar refractivity (Wildman–Crippen MR) is 101 cm³/mol. The Morgan fingerprint density at radius 1 is 1.32 bits per heavy atom. The van der Waals surface area contributed by atoms with E-state index in [-0.39, 0.29) is 6.42 Å². The van der Waals surface area contributed by atoms with Crippen LogP contribution in [-0.4, -0.2) is 36.6 Å². The number of thiophene rings is 1. The summed E-state index contributed by atoms with van der Waals surface area (Å²) in [6, 6.07) is 8.19. The van der Waals surface area contributed by atoms with Gasteiger partial charge in [0.15, 0.2) is 0 Å². The average molecular weight is 357 g/mol. The van der Waals surface area contributed by atoms with Crippen LogP contribution in [0.2, 0.25) is 0 Å². The molecule has 1 N–H and O–H groups in total. The predicted octanol–water partition coefficient (Wildman–Crippen LogP) is 4.04. The molecule has 1 aliphatic heterocycles. The van der Waals surface area contributed by atoms with Gasteiger partial charge < -0.3 is 14.7 Å². The van der Waals surface area contributed by atoms with Gasteiger partial charge in [0, 0.05) is 23.4 Å². The number of aliphatic carboxylic acids is 1. The minimum atomic E-state index is -0.770. The summed E-state index contributed by atoms with van der Waals surface area (Å²) in [6.45, 7) is 1.57. The van der Waals surface area contributed by atoms with Crippen LogP contribution in [0.4, 0.5) is 0 Å². The molecule has 0 amide bonds. The summed E-state index contributed by atoms with van der Waals surface area (Å²) in [5.41, 5.74) is 4.53. The van der Waals surface area contributed by atoms with Crippen LogP contribution in [0.5, 0.6) is 5.75 Å². The molecule has 2 heterocycles. The Kier molecular flexibility index (Phi) is 5.56. The third kappa shape index (κ3) is 4.30. The topological polar surface area (TPSA) is 49.8 Å². The molecule has 0 bridgehead atoms. The summed E-state index contributed by atoms with van der Waals surface area (Å²) < 4.78 is 6.01. The van der Waals surface area contributed by atoms with E-state index in [1.165, 1.54) is 16.0 Å². The van der Waals surface area contributed by atoms with Crippen molar-refractivity contribution < 1.29 is 14.6 Å². The lowest BCUT2D eigenvalue weighted by atomic mass is 9.94. The zero-order valence-corrected chi connectivity index (χ0v) is 15.4. The Morgan fingerprint density at radius 2 is 2.16 bits per heavy atom. The van der Waals surface area contributed by atoms with E-state index in [9.17, 15) is 4.79 Å². The van der Waals surface area contributed by atoms with E-state index >= 15 is 0 Å². The highest BCUT2D eigenvalue weighted by atomic mass is 32.1. The fourth-order valence-electron chi connectivity index (χ4n) is 2.99. The van der Waals surface area contributed by atoms with Crippen molar-refractivity contribution in [3.05, 3.63) is 57.3 Å². The zero-order valence-electron chi connectivity index (χ0n) is 14.6. The SMILES string of the molecule is CN(C)CC/C=C1\c2cc(CCC(=O)O)ccc2OCc2sccc21. The Bertz CT molecular complexity index is 792. The first-order chi connectivity index (χ1) is 12.0. The normalized spacial score (nSPS) is 14.8. The third-order valence-corrected chi connectivity index (χ3v) is 5.18. The number of hydrogen-bond donors (Lipinski definition) is 1. The van der Waals surface area contributed by atoms with Gasteiger partial charge in [-0.3, -0.25) is 4.79 Å². The van der Waals surface area contributed by atoms with Gasteiger partial charge in [0.05, 0.1) is 0 Å². The minimum Gasteiger partial charge on any atom is -0.487 e. The van der Waals surface area contributed by atoms with Gasteiger partial charge >= 0.3 is 5.97 Å². The number of carboxylic acid groups (broad SMARTS) is 1. The van der Waals surface area contributed by atoms with Gasteiger partial charge in [0.1, 0.15) is 12.4 Å². The quantitative estimate of drug-likeness (QED) is 0.848. The molecule has 1 aromatic carbocycles. The number of nitrogens with zero attached hydrogens (tertiary/aromatic N) is 1. The summed E-state index contributed by atoms with van der Waals surface area (Å²) in [5.74, 6) is 0.103. The summed E-state index contributed by atoms with van der Waals surface area (Å²) in [5, 5.41) is 11.0. The van der Waals surface area contributed by atoms with E-state index in [1.54, 1.807) is 11.3 Å². The highest BCUT2D eigenvalue weighted by molar-refractivity contribution is 7.10. The van der Waals surface area contributed by atoms with Crippen LogP contribution in [0, 0.1) is 0 Å². The van der Waals surface area contributed by atoms with Crippen molar-refractivity contribution >= 4 is 22.9 Å². The second-order valence-electron chi connectivity index (χ2n) is 6.48. The maximum atomic E-state index is 10.9. The Hall–Kier alpha value is -2.11. The van der Waals surface area contributed by atoms with Crippen LogP contribution in [-0.2, 0) is 17.8 Å². The van der Waals surface area contributed by atoms with E-state index in [2.05, 4.69) is 42.6 Å². The molecule has 0 aliphatic carbocycles. The number of benzene rings is 1. The van der Waals surface area contributed by atoms with Crippen molar-refractivity contribution in [2.45, 2.75) is 25.9 Å². The molecule has 0 fully saturated rings. The molecule has 132 valence electrons. The molecule has 0 atom stereocenters. The maximum Gasteiger partial charge on any atom is 0.303 e. The van der Waals surface area contributed by atoms with Gasteiger partial charge in [-0.2, -0.15) is 0 Å². The van der Waals surface area contributed by atoms with Crippen molar-refractivity contribution in [2.75, 3.05) is 20.6 Å². The van der Waals surface area contributed by atoms with Crippen LogP contribution >= 0.6 is 11.3 Å². The molecule has 0 unspecified atom stereocenters. The van der Waals surface area contributed by atoms with Gasteiger partial charge in [0.25, 0.3) is 0 Å². The average Bonchev–Trinajstić information content (AvgIpc) is 2.98. The number of hydrogen-bond acceptors (Lipinski definition) is 4. The maximum absolute atomic E-state index is 10.9. The zero-order chi connectivity index (χ0) is 17.8. The lowest BCUT2D eigenvalue weighted by molar-refractivity contribution is -0.136. The van der Waals surface area contributed by atoms with Crippen molar-refractivity contribution in [2.24, 2.45) is 0 Å². The summed E-state index contributed by atoms with van der Waals surface area (Å²) in [4.78, 5) is 14.3. The molecule has 0 spiro atoms. The standard InChI is InChI=1S/C20H23NO3S/c1-21(2)10-3-4-15-16-9-11-25-19(16)13-24-18-7-5-14(12-17(15)18)6-8-20(22)23/h4-5,7,9,11-12H,3,6,8,10,13H2,1-2H3,(H,22,23)/b15-4-. The minimum absolute atomic E-state index is 0.142. The van der Waals surface area contributed by atoms with Crippen molar-refractivity contribution in [3.63, 3.8) is 0 Å².